The van der Waals surface area contributed by atoms with Crippen LogP contribution in [-0.4, -0.2) is 41.2 Å². The van der Waals surface area contributed by atoms with Gasteiger partial charge in [0.1, 0.15) is 5.82 Å². The van der Waals surface area contributed by atoms with E-state index in [1.54, 1.807) is 44.3 Å². The minimum atomic E-state index is -0.458. The fraction of sp³-hybridized carbons (Fsp3) is 0.385. The van der Waals surface area contributed by atoms with Gasteiger partial charge < -0.3 is 14.2 Å². The lowest BCUT2D eigenvalue weighted by atomic mass is 10.1. The predicted molar refractivity (Wildman–Crippen MR) is 140 cm³/mol. The van der Waals surface area contributed by atoms with Gasteiger partial charge in [-0.2, -0.15) is 9.78 Å². The average molecular weight is 544 g/mol. The van der Waals surface area contributed by atoms with Crippen LogP contribution in [0.5, 0.6) is 11.5 Å². The Morgan fingerprint density at radius 2 is 1.89 bits per heavy atom. The molecule has 1 heterocycles. The highest BCUT2D eigenvalue weighted by Gasteiger charge is 2.16. The van der Waals surface area contributed by atoms with E-state index < -0.39 is 5.97 Å². The van der Waals surface area contributed by atoms with E-state index >= 15 is 0 Å². The highest BCUT2D eigenvalue weighted by Crippen LogP contribution is 2.28. The zero-order valence-corrected chi connectivity index (χ0v) is 22.2. The second-order valence-electron chi connectivity index (χ2n) is 8.27. The lowest BCUT2D eigenvalue weighted by Crippen LogP contribution is -2.23. The maximum absolute atomic E-state index is 13.3. The van der Waals surface area contributed by atoms with Gasteiger partial charge in [-0.1, -0.05) is 29.8 Å². The topological polar surface area (TPSA) is 92.0 Å². The summed E-state index contributed by atoms with van der Waals surface area (Å²) in [5.74, 6) is 1.05. The van der Waals surface area contributed by atoms with Crippen molar-refractivity contribution in [1.29, 1.82) is 0 Å². The van der Waals surface area contributed by atoms with Crippen LogP contribution in [0.2, 0.25) is 0 Å². The molecule has 3 rings (SSSR count). The second-order valence-corrected chi connectivity index (χ2v) is 9.18. The molecule has 0 spiro atoms. The molecule has 1 aromatic heterocycles. The van der Waals surface area contributed by atoms with Crippen LogP contribution in [0, 0.1) is 0 Å². The fourth-order valence-corrected chi connectivity index (χ4v) is 3.69. The summed E-state index contributed by atoms with van der Waals surface area (Å²) in [4.78, 5) is 29.8. The van der Waals surface area contributed by atoms with Gasteiger partial charge in [-0.25, -0.2) is 9.78 Å². The summed E-state index contributed by atoms with van der Waals surface area (Å²) in [5.41, 5.74) is 1.09. The molecule has 0 saturated heterocycles. The normalized spacial score (nSPS) is 12.3. The van der Waals surface area contributed by atoms with Crippen molar-refractivity contribution >= 4 is 39.0 Å². The molecule has 0 amide bonds. The molecule has 35 heavy (non-hydrogen) atoms. The van der Waals surface area contributed by atoms with Crippen molar-refractivity contribution < 1.29 is 19.0 Å². The number of fused-ring (bicyclic) bond motifs is 1. The minimum absolute atomic E-state index is 0.0354. The van der Waals surface area contributed by atoms with Crippen molar-refractivity contribution in [3.63, 3.8) is 0 Å². The van der Waals surface area contributed by atoms with E-state index in [2.05, 4.69) is 21.0 Å². The molecule has 0 bridgehead atoms. The first kappa shape index (κ1) is 26.4. The first-order valence-corrected chi connectivity index (χ1v) is 12.4. The van der Waals surface area contributed by atoms with E-state index in [1.807, 2.05) is 32.9 Å². The summed E-state index contributed by atoms with van der Waals surface area (Å²) in [6.07, 6.45) is 2.17. The average Bonchev–Trinajstić information content (AvgIpc) is 2.82. The zero-order chi connectivity index (χ0) is 25.5. The number of aromatic nitrogens is 2. The predicted octanol–water partition coefficient (Wildman–Crippen LogP) is 5.28. The number of ether oxygens (including phenoxy) is 3. The molecule has 2 aromatic carbocycles. The maximum Gasteiger partial charge on any atom is 0.344 e. The van der Waals surface area contributed by atoms with Crippen LogP contribution in [0.1, 0.15) is 58.3 Å². The van der Waals surface area contributed by atoms with Crippen molar-refractivity contribution in [3.8, 4) is 11.5 Å². The van der Waals surface area contributed by atoms with Gasteiger partial charge in [0.05, 0.1) is 29.8 Å². The van der Waals surface area contributed by atoms with Gasteiger partial charge >= 0.3 is 5.97 Å². The van der Waals surface area contributed by atoms with E-state index in [4.69, 9.17) is 19.2 Å². The third-order valence-electron chi connectivity index (χ3n) is 5.19. The van der Waals surface area contributed by atoms with E-state index in [0.717, 1.165) is 10.9 Å². The first-order chi connectivity index (χ1) is 16.7. The Balaban J connectivity index is 1.95. The van der Waals surface area contributed by atoms with Crippen LogP contribution >= 0.6 is 15.9 Å². The number of hydrogen-bond acceptors (Lipinski definition) is 7. The van der Waals surface area contributed by atoms with Gasteiger partial charge in [-0.15, -0.1) is 0 Å². The molecular weight excluding hydrogens is 514 g/mol. The zero-order valence-electron chi connectivity index (χ0n) is 20.6. The highest BCUT2D eigenvalue weighted by atomic mass is 79.9. The molecule has 0 aliphatic heterocycles. The van der Waals surface area contributed by atoms with Crippen molar-refractivity contribution in [1.82, 2.24) is 9.66 Å². The van der Waals surface area contributed by atoms with E-state index in [-0.39, 0.29) is 24.2 Å². The van der Waals surface area contributed by atoms with Crippen LogP contribution in [0.3, 0.4) is 0 Å². The van der Waals surface area contributed by atoms with Gasteiger partial charge in [-0.05, 0) is 69.2 Å². The molecule has 0 N–H and O–H groups in total. The molecule has 9 heteroatoms. The molecule has 3 aromatic rings. The number of carbonyl (C=O) groups is 1. The van der Waals surface area contributed by atoms with E-state index in [0.29, 0.717) is 40.4 Å². The molecule has 0 aliphatic carbocycles. The summed E-state index contributed by atoms with van der Waals surface area (Å²) in [5, 5.41) is 4.98. The highest BCUT2D eigenvalue weighted by molar-refractivity contribution is 9.10. The lowest BCUT2D eigenvalue weighted by Gasteiger charge is -2.14. The van der Waals surface area contributed by atoms with Crippen molar-refractivity contribution in [3.05, 3.63) is 62.6 Å². The van der Waals surface area contributed by atoms with Gasteiger partial charge in [0.2, 0.25) is 0 Å². The Kier molecular flexibility index (Phi) is 9.03. The number of benzene rings is 2. The standard InChI is InChI=1S/C26H30BrN3O5/c1-6-17(5)25-29-21-10-9-19(27)13-20(21)26(32)30(25)28-14-18-8-11-22(23(12-18)33-7-2)34-15-24(31)35-16(3)4/h8-14,16-17H,6-7,15H2,1-5H3/t17-/m0/s1. The lowest BCUT2D eigenvalue weighted by molar-refractivity contribution is -0.149. The van der Waals surface area contributed by atoms with Crippen LogP contribution in [0.4, 0.5) is 0 Å². The van der Waals surface area contributed by atoms with Gasteiger partial charge in [-0.3, -0.25) is 4.79 Å². The number of carbonyl (C=O) groups excluding carboxylic acids is 1. The third-order valence-corrected chi connectivity index (χ3v) is 5.68. The van der Waals surface area contributed by atoms with E-state index in [1.165, 1.54) is 4.68 Å². The third kappa shape index (κ3) is 6.69. The van der Waals surface area contributed by atoms with E-state index in [9.17, 15) is 9.59 Å². The molecule has 0 saturated carbocycles. The Bertz CT molecular complexity index is 1290. The van der Waals surface area contributed by atoms with Crippen LogP contribution < -0.4 is 15.0 Å². The van der Waals surface area contributed by atoms with Crippen molar-refractivity contribution in [2.45, 2.75) is 53.1 Å². The molecular formula is C26H30BrN3O5. The minimum Gasteiger partial charge on any atom is -0.490 e. The largest absolute Gasteiger partial charge is 0.490 e. The smallest absolute Gasteiger partial charge is 0.344 e. The fourth-order valence-electron chi connectivity index (χ4n) is 3.33. The molecule has 1 atom stereocenters. The monoisotopic (exact) mass is 543 g/mol. The second kappa shape index (κ2) is 12.0. The van der Waals surface area contributed by atoms with Crippen LogP contribution in [0.25, 0.3) is 10.9 Å². The Morgan fingerprint density at radius 1 is 1.11 bits per heavy atom. The van der Waals surface area contributed by atoms with Crippen LogP contribution in [-0.2, 0) is 9.53 Å². The Hall–Kier alpha value is -3.20. The number of halogens is 1. The Morgan fingerprint density at radius 3 is 2.57 bits per heavy atom. The number of rotatable bonds is 10. The van der Waals surface area contributed by atoms with Gasteiger partial charge in [0, 0.05) is 10.4 Å². The summed E-state index contributed by atoms with van der Waals surface area (Å²) in [6.45, 7) is 9.66. The van der Waals surface area contributed by atoms with Crippen molar-refractivity contribution in [2.24, 2.45) is 5.10 Å². The van der Waals surface area contributed by atoms with Gasteiger partial charge in [0.15, 0.2) is 18.1 Å². The SMILES string of the molecule is CCOc1cc(C=Nn2c([C@@H](C)CC)nc3ccc(Br)cc3c2=O)ccc1OCC(=O)OC(C)C. The first-order valence-electron chi connectivity index (χ1n) is 11.6. The number of nitrogens with zero attached hydrogens (tertiary/aromatic N) is 3. The Labute approximate surface area is 213 Å². The maximum atomic E-state index is 13.3. The molecule has 0 aliphatic rings. The molecule has 186 valence electrons. The summed E-state index contributed by atoms with van der Waals surface area (Å²) in [7, 11) is 0. The van der Waals surface area contributed by atoms with Crippen molar-refractivity contribution in [2.75, 3.05) is 13.2 Å². The molecule has 0 radical (unpaired) electrons. The summed E-state index contributed by atoms with van der Waals surface area (Å²) < 4.78 is 18.5. The molecule has 0 unspecified atom stereocenters. The molecule has 0 fully saturated rings. The number of hydrogen-bond donors (Lipinski definition) is 0. The summed E-state index contributed by atoms with van der Waals surface area (Å²) >= 11 is 3.42. The quantitative estimate of drug-likeness (QED) is 0.255. The summed E-state index contributed by atoms with van der Waals surface area (Å²) in [6, 6.07) is 10.7. The molecule has 8 nitrogen and oxygen atoms in total. The van der Waals surface area contributed by atoms with Gasteiger partial charge in [0.25, 0.3) is 5.56 Å². The number of esters is 1. The van der Waals surface area contributed by atoms with Crippen LogP contribution in [0.15, 0.2) is 50.8 Å².